The van der Waals surface area contributed by atoms with E-state index >= 15 is 0 Å². The van der Waals surface area contributed by atoms with Gasteiger partial charge in [-0.15, -0.1) is 11.6 Å². The molecule has 3 fully saturated rings. The van der Waals surface area contributed by atoms with Crippen molar-refractivity contribution in [2.24, 2.45) is 11.8 Å². The third-order valence-corrected chi connectivity index (χ3v) is 12.3. The van der Waals surface area contributed by atoms with Gasteiger partial charge in [-0.05, 0) is 19.3 Å². The number of amides is 1. The molecule has 0 aromatic heterocycles. The Morgan fingerprint density at radius 1 is 0.892 bits per heavy atom. The molecule has 5 atom stereocenters. The summed E-state index contributed by atoms with van der Waals surface area (Å²) < 4.78 is 8.65. The second-order valence-corrected chi connectivity index (χ2v) is 15.3. The van der Waals surface area contributed by atoms with E-state index in [0.717, 1.165) is 61.7 Å². The molecule has 4 aliphatic rings. The van der Waals surface area contributed by atoms with Crippen LogP contribution in [0.4, 0.5) is 0 Å². The minimum Gasteiger partial charge on any atom is -0.121 e. The number of rotatable bonds is 6. The van der Waals surface area contributed by atoms with Crippen LogP contribution in [0, 0.1) is 23.2 Å². The molecule has 5 unspecified atom stereocenters. The van der Waals surface area contributed by atoms with Crippen LogP contribution in [0.15, 0.2) is 46.1 Å². The van der Waals surface area contributed by atoms with Gasteiger partial charge in [0, 0.05) is 0 Å². The van der Waals surface area contributed by atoms with Crippen LogP contribution in [-0.4, -0.2) is 33.5 Å². The first kappa shape index (κ1) is 28.9. The van der Waals surface area contributed by atoms with Gasteiger partial charge in [0.2, 0.25) is 0 Å². The van der Waals surface area contributed by atoms with Crippen molar-refractivity contribution in [1.29, 1.82) is 5.26 Å². The fourth-order valence-electron chi connectivity index (χ4n) is 6.05. The van der Waals surface area contributed by atoms with Crippen molar-refractivity contribution in [2.75, 3.05) is 0 Å². The van der Waals surface area contributed by atoms with Gasteiger partial charge in [0.1, 0.15) is 0 Å². The SMILES string of the molecule is N#CC1CCC(OC2CCC(NC(=O)C3CCCCCC([I-]C4=C/C=C\C=C/C=C\4)CC3)CC2)CC1Cl. The van der Waals surface area contributed by atoms with Crippen LogP contribution in [0.3, 0.4) is 0 Å². The van der Waals surface area contributed by atoms with Gasteiger partial charge in [0.25, 0.3) is 0 Å². The maximum absolute atomic E-state index is 13.3. The molecule has 4 rings (SSSR count). The number of hydrogen-bond donors (Lipinski definition) is 1. The number of nitrogens with zero attached hydrogens (tertiary/aromatic N) is 1. The second-order valence-electron chi connectivity index (χ2n) is 11.1. The van der Waals surface area contributed by atoms with E-state index < -0.39 is 0 Å². The molecule has 1 N–H and O–H groups in total. The largest absolute Gasteiger partial charge is 0.121 e. The smallest absolute Gasteiger partial charge is 0.0518 e. The van der Waals surface area contributed by atoms with Gasteiger partial charge < -0.3 is 0 Å². The summed E-state index contributed by atoms with van der Waals surface area (Å²) >= 11 is 6.35. The Kier molecular flexibility index (Phi) is 12.1. The Balaban J connectivity index is 1.20. The van der Waals surface area contributed by atoms with Crippen LogP contribution < -0.4 is 26.5 Å². The molecular weight excluding hydrogens is 595 g/mol. The summed E-state index contributed by atoms with van der Waals surface area (Å²) in [6, 6.07) is 2.61. The number of carbonyl (C=O) groups is 1. The maximum atomic E-state index is 13.3. The Bertz CT molecular complexity index is 899. The number of halogens is 2. The molecule has 204 valence electrons. The summed E-state index contributed by atoms with van der Waals surface area (Å²) in [5, 5.41) is 12.5. The quantitative estimate of drug-likeness (QED) is 0.352. The first-order valence-electron chi connectivity index (χ1n) is 14.5. The molecule has 0 spiro atoms. The van der Waals surface area contributed by atoms with Gasteiger partial charge in [0.05, 0.1) is 17.4 Å². The van der Waals surface area contributed by atoms with E-state index in [1.807, 2.05) is 0 Å². The van der Waals surface area contributed by atoms with E-state index in [4.69, 9.17) is 16.3 Å². The molecule has 0 radical (unpaired) electrons. The van der Waals surface area contributed by atoms with E-state index in [2.05, 4.69) is 53.9 Å². The number of alkyl halides is 2. The predicted octanol–water partition coefficient (Wildman–Crippen LogP) is 4.11. The number of carbonyl (C=O) groups excluding carboxylic acids is 1. The van der Waals surface area contributed by atoms with Crippen molar-refractivity contribution in [3.63, 3.8) is 0 Å². The van der Waals surface area contributed by atoms with Crippen LogP contribution >= 0.6 is 11.6 Å². The molecule has 0 saturated heterocycles. The zero-order chi connectivity index (χ0) is 25.9. The van der Waals surface area contributed by atoms with Gasteiger partial charge >= 0.3 is 187 Å². The molecule has 4 aliphatic carbocycles. The molecule has 0 aliphatic heterocycles. The fraction of sp³-hybridized carbons (Fsp3) is 0.677. The summed E-state index contributed by atoms with van der Waals surface area (Å²) in [5.41, 5.74) is 0. The molecule has 1 amide bonds. The third kappa shape index (κ3) is 9.55. The number of nitriles is 1. The summed E-state index contributed by atoms with van der Waals surface area (Å²) in [7, 11) is 0. The number of allylic oxidation sites excluding steroid dienone is 8. The van der Waals surface area contributed by atoms with Crippen molar-refractivity contribution in [2.45, 2.75) is 117 Å². The van der Waals surface area contributed by atoms with Gasteiger partial charge in [-0.3, -0.25) is 0 Å². The molecule has 6 heteroatoms. The number of hydrogen-bond acceptors (Lipinski definition) is 3. The topological polar surface area (TPSA) is 62.1 Å². The number of ether oxygens (including phenoxy) is 1. The molecular formula is C31H43ClIN2O2-. The zero-order valence-electron chi connectivity index (χ0n) is 22.0. The van der Waals surface area contributed by atoms with Gasteiger partial charge in [-0.2, -0.15) is 5.26 Å². The van der Waals surface area contributed by atoms with E-state index in [-0.39, 0.29) is 56.7 Å². The van der Waals surface area contributed by atoms with Crippen LogP contribution in [0.1, 0.15) is 89.9 Å². The average Bonchev–Trinajstić information content (AvgIpc) is 2.99. The van der Waals surface area contributed by atoms with Crippen molar-refractivity contribution in [3.05, 3.63) is 46.1 Å². The molecule has 37 heavy (non-hydrogen) atoms. The van der Waals surface area contributed by atoms with Crippen molar-refractivity contribution in [3.8, 4) is 6.07 Å². The average molecular weight is 638 g/mol. The third-order valence-electron chi connectivity index (χ3n) is 8.30. The van der Waals surface area contributed by atoms with Gasteiger partial charge in [-0.1, -0.05) is 0 Å². The Morgan fingerprint density at radius 3 is 2.46 bits per heavy atom. The van der Waals surface area contributed by atoms with Gasteiger partial charge in [-0.25, -0.2) is 0 Å². The minimum absolute atomic E-state index is 0.0351. The van der Waals surface area contributed by atoms with Crippen molar-refractivity contribution in [1.82, 2.24) is 5.32 Å². The van der Waals surface area contributed by atoms with Crippen LogP contribution in [0.25, 0.3) is 0 Å². The predicted molar refractivity (Wildman–Crippen MR) is 147 cm³/mol. The molecule has 0 heterocycles. The molecule has 4 nitrogen and oxygen atoms in total. The fourth-order valence-corrected chi connectivity index (χ4v) is 9.70. The monoisotopic (exact) mass is 637 g/mol. The summed E-state index contributed by atoms with van der Waals surface area (Å²) in [4.78, 5) is 13.3. The summed E-state index contributed by atoms with van der Waals surface area (Å²) in [6.45, 7) is 0. The second kappa shape index (κ2) is 15.5. The van der Waals surface area contributed by atoms with Crippen molar-refractivity contribution < 1.29 is 30.7 Å². The van der Waals surface area contributed by atoms with E-state index in [1.165, 1.54) is 35.7 Å². The van der Waals surface area contributed by atoms with Crippen LogP contribution in [0.5, 0.6) is 0 Å². The molecule has 0 aromatic carbocycles. The van der Waals surface area contributed by atoms with Crippen molar-refractivity contribution >= 4 is 17.5 Å². The molecule has 0 aromatic rings. The normalized spacial score (nSPS) is 39.2. The Labute approximate surface area is 239 Å². The Morgan fingerprint density at radius 2 is 1.65 bits per heavy atom. The molecule has 0 bridgehead atoms. The first-order valence-corrected chi connectivity index (χ1v) is 17.2. The van der Waals surface area contributed by atoms with Crippen LogP contribution in [0.2, 0.25) is 0 Å². The number of nitrogens with one attached hydrogen (secondary N) is 1. The molecule has 3 saturated carbocycles. The zero-order valence-corrected chi connectivity index (χ0v) is 24.9. The maximum Gasteiger partial charge on any atom is 0.0518 e. The first-order chi connectivity index (χ1) is 18.1. The van der Waals surface area contributed by atoms with Crippen LogP contribution in [-0.2, 0) is 9.53 Å². The van der Waals surface area contributed by atoms with E-state index in [9.17, 15) is 10.1 Å². The summed E-state index contributed by atoms with van der Waals surface area (Å²) in [5.74, 6) is 0.424. The standard InChI is InChI=1S/C31H43ClIN2O2/c32-30-21-29(18-14-24(30)22-34)37-28-19-16-27(17-20-28)35-31(36)23-9-5-4-8-12-26(15-13-23)33-25-10-6-2-1-3-7-11-25/h1-3,6-7,10-11,23-24,26-30H,4-5,8-9,12-21H2,(H,35,36)/q-1/b2-1-,3-1?,6-2?,7-3-,10-6-,11-7?,25-10?,25-11+. The van der Waals surface area contributed by atoms with E-state index in [1.54, 1.807) is 0 Å². The van der Waals surface area contributed by atoms with E-state index in [0.29, 0.717) is 5.91 Å². The Hall–Kier alpha value is -1.10. The minimum atomic E-state index is -0.0899. The van der Waals surface area contributed by atoms with Gasteiger partial charge in [0.15, 0.2) is 0 Å². The summed E-state index contributed by atoms with van der Waals surface area (Å²) in [6.07, 6.45) is 30.5.